The number of aliphatic imine (C=N–C) groups is 1. The van der Waals surface area contributed by atoms with Crippen LogP contribution in [0.5, 0.6) is 0 Å². The van der Waals surface area contributed by atoms with Gasteiger partial charge in [-0.2, -0.15) is 0 Å². The first-order valence-electron chi connectivity index (χ1n) is 5.81. The quantitative estimate of drug-likeness (QED) is 0.672. The van der Waals surface area contributed by atoms with Crippen LogP contribution in [0.3, 0.4) is 0 Å². The van der Waals surface area contributed by atoms with Gasteiger partial charge in [-0.3, -0.25) is 4.99 Å². The summed E-state index contributed by atoms with van der Waals surface area (Å²) in [4.78, 5) is 4.46. The summed E-state index contributed by atoms with van der Waals surface area (Å²) >= 11 is 0. The van der Waals surface area contributed by atoms with Crippen molar-refractivity contribution in [1.29, 1.82) is 0 Å². The van der Waals surface area contributed by atoms with Gasteiger partial charge in [0.1, 0.15) is 5.60 Å². The highest BCUT2D eigenvalue weighted by atomic mass is 16.3. The average Bonchev–Trinajstić information content (AvgIpc) is 2.13. The zero-order valence-electron chi connectivity index (χ0n) is 10.7. The molecule has 0 rings (SSSR count). The van der Waals surface area contributed by atoms with Gasteiger partial charge in [0.15, 0.2) is 0 Å². The first-order chi connectivity index (χ1) is 6.88. The van der Waals surface area contributed by atoms with Crippen LogP contribution in [0.4, 0.5) is 0 Å². The van der Waals surface area contributed by atoms with E-state index < -0.39 is 5.60 Å². The normalized spacial score (nSPS) is 16.9. The van der Waals surface area contributed by atoms with Crippen molar-refractivity contribution in [3.63, 3.8) is 0 Å². The van der Waals surface area contributed by atoms with Gasteiger partial charge in [-0.1, -0.05) is 33.8 Å². The maximum absolute atomic E-state index is 10.6. The molecule has 0 aliphatic carbocycles. The van der Waals surface area contributed by atoms with E-state index in [1.807, 2.05) is 27.7 Å². The Kier molecular flexibility index (Phi) is 5.81. The van der Waals surface area contributed by atoms with Gasteiger partial charge in [0.2, 0.25) is 0 Å². The molecule has 1 unspecified atom stereocenters. The number of rotatable bonds is 6. The van der Waals surface area contributed by atoms with E-state index in [1.54, 1.807) is 6.08 Å². The zero-order valence-corrected chi connectivity index (χ0v) is 10.7. The highest BCUT2D eigenvalue weighted by Crippen LogP contribution is 2.25. The van der Waals surface area contributed by atoms with E-state index >= 15 is 0 Å². The summed E-state index contributed by atoms with van der Waals surface area (Å²) in [6.45, 7) is 13.9. The molecule has 15 heavy (non-hydrogen) atoms. The molecule has 0 saturated heterocycles. The Hall–Kier alpha value is -0.630. The molecule has 0 fully saturated rings. The van der Waals surface area contributed by atoms with E-state index in [1.165, 1.54) is 0 Å². The molecule has 0 bridgehead atoms. The molecule has 2 heteroatoms. The first-order valence-corrected chi connectivity index (χ1v) is 5.81. The summed E-state index contributed by atoms with van der Waals surface area (Å²) in [5.74, 6) is 0.160. The smallest absolute Gasteiger partial charge is 0.108 e. The lowest BCUT2D eigenvalue weighted by molar-refractivity contribution is 0.0547. The Morgan fingerprint density at radius 2 is 1.93 bits per heavy atom. The van der Waals surface area contributed by atoms with Crippen molar-refractivity contribution in [2.75, 3.05) is 0 Å². The van der Waals surface area contributed by atoms with E-state index in [0.29, 0.717) is 0 Å². The van der Waals surface area contributed by atoms with Crippen LogP contribution in [0.1, 0.15) is 47.5 Å². The van der Waals surface area contributed by atoms with E-state index in [9.17, 15) is 5.11 Å². The Labute approximate surface area is 94.1 Å². The maximum Gasteiger partial charge on any atom is 0.108 e. The summed E-state index contributed by atoms with van der Waals surface area (Å²) < 4.78 is 0. The van der Waals surface area contributed by atoms with Crippen LogP contribution >= 0.6 is 0 Å². The van der Waals surface area contributed by atoms with Gasteiger partial charge in [-0.25, -0.2) is 0 Å². The predicted molar refractivity (Wildman–Crippen MR) is 67.5 cm³/mol. The molecule has 0 radical (unpaired) electrons. The van der Waals surface area contributed by atoms with Gasteiger partial charge in [0.25, 0.3) is 0 Å². The molecule has 0 aromatic carbocycles. The van der Waals surface area contributed by atoms with Gasteiger partial charge in [-0.05, 0) is 32.3 Å². The van der Waals surface area contributed by atoms with Crippen molar-refractivity contribution in [3.05, 3.63) is 12.7 Å². The summed E-state index contributed by atoms with van der Waals surface area (Å²) in [5, 5.41) is 10.6. The molecule has 1 atom stereocenters. The third-order valence-electron chi connectivity index (χ3n) is 2.62. The molecule has 0 spiro atoms. The monoisotopic (exact) mass is 211 g/mol. The largest absolute Gasteiger partial charge is 0.383 e. The third kappa shape index (κ3) is 3.78. The standard InChI is InChI=1S/C13H25NO/c1-7-9-13(15,10(3)4)12(8-2)14-11(5)6/h8,10-11,15H,2,7,9H2,1,3-6H3. The van der Waals surface area contributed by atoms with Crippen molar-refractivity contribution < 1.29 is 5.11 Å². The minimum Gasteiger partial charge on any atom is -0.383 e. The predicted octanol–water partition coefficient (Wildman–Crippen LogP) is 3.21. The van der Waals surface area contributed by atoms with Crippen molar-refractivity contribution >= 4 is 5.71 Å². The van der Waals surface area contributed by atoms with Gasteiger partial charge in [-0.15, -0.1) is 0 Å². The summed E-state index contributed by atoms with van der Waals surface area (Å²) in [6.07, 6.45) is 3.37. The van der Waals surface area contributed by atoms with E-state index in [2.05, 4.69) is 18.5 Å². The van der Waals surface area contributed by atoms with Crippen LogP contribution in [-0.2, 0) is 0 Å². The molecule has 88 valence electrons. The van der Waals surface area contributed by atoms with E-state index in [4.69, 9.17) is 0 Å². The van der Waals surface area contributed by atoms with E-state index in [0.717, 1.165) is 18.6 Å². The average molecular weight is 211 g/mol. The molecule has 0 amide bonds. The molecule has 0 aliphatic rings. The van der Waals surface area contributed by atoms with Crippen LogP contribution in [0.2, 0.25) is 0 Å². The SMILES string of the molecule is C=CC(=NC(C)C)C(O)(CCC)C(C)C. The number of nitrogens with zero attached hydrogens (tertiary/aromatic N) is 1. The highest BCUT2D eigenvalue weighted by molar-refractivity contribution is 6.01. The van der Waals surface area contributed by atoms with Gasteiger partial charge in [0.05, 0.1) is 5.71 Å². The van der Waals surface area contributed by atoms with Crippen LogP contribution in [0.15, 0.2) is 17.6 Å². The number of aliphatic hydroxyl groups is 1. The highest BCUT2D eigenvalue weighted by Gasteiger charge is 2.34. The minimum atomic E-state index is -0.819. The van der Waals surface area contributed by atoms with Gasteiger partial charge < -0.3 is 5.11 Å². The summed E-state index contributed by atoms with van der Waals surface area (Å²) in [5.41, 5.74) is -0.0878. The van der Waals surface area contributed by atoms with Crippen molar-refractivity contribution in [1.82, 2.24) is 0 Å². The maximum atomic E-state index is 10.6. The van der Waals surface area contributed by atoms with Gasteiger partial charge >= 0.3 is 0 Å². The molecule has 2 nitrogen and oxygen atoms in total. The first kappa shape index (κ1) is 14.4. The molecule has 1 N–H and O–H groups in total. The molecule has 0 aliphatic heterocycles. The fourth-order valence-electron chi connectivity index (χ4n) is 1.71. The lowest BCUT2D eigenvalue weighted by atomic mass is 9.81. The van der Waals surface area contributed by atoms with Crippen molar-refractivity contribution in [2.45, 2.75) is 59.1 Å². The molecular weight excluding hydrogens is 186 g/mol. The second-order valence-corrected chi connectivity index (χ2v) is 4.64. The Morgan fingerprint density at radius 1 is 1.40 bits per heavy atom. The van der Waals surface area contributed by atoms with Crippen molar-refractivity contribution in [2.24, 2.45) is 10.9 Å². The van der Waals surface area contributed by atoms with E-state index in [-0.39, 0.29) is 12.0 Å². The third-order valence-corrected chi connectivity index (χ3v) is 2.62. The molecule has 0 saturated carbocycles. The Balaban J connectivity index is 5.11. The Bertz CT molecular complexity index is 231. The topological polar surface area (TPSA) is 32.6 Å². The molecule has 0 aromatic rings. The fourth-order valence-corrected chi connectivity index (χ4v) is 1.71. The Morgan fingerprint density at radius 3 is 2.20 bits per heavy atom. The number of hydrogen-bond acceptors (Lipinski definition) is 2. The summed E-state index contributed by atoms with van der Waals surface area (Å²) in [6, 6.07) is 0.195. The minimum absolute atomic E-state index is 0.160. The van der Waals surface area contributed by atoms with Crippen LogP contribution in [0, 0.1) is 5.92 Å². The van der Waals surface area contributed by atoms with Crippen LogP contribution < -0.4 is 0 Å². The van der Waals surface area contributed by atoms with Crippen LogP contribution in [0.25, 0.3) is 0 Å². The van der Waals surface area contributed by atoms with Crippen molar-refractivity contribution in [3.8, 4) is 0 Å². The lowest BCUT2D eigenvalue weighted by Gasteiger charge is -2.32. The summed E-state index contributed by atoms with van der Waals surface area (Å²) in [7, 11) is 0. The van der Waals surface area contributed by atoms with Crippen LogP contribution in [-0.4, -0.2) is 22.5 Å². The fraction of sp³-hybridized carbons (Fsp3) is 0.769. The second kappa shape index (κ2) is 6.06. The molecular formula is C13H25NO. The number of hydrogen-bond donors (Lipinski definition) is 1. The second-order valence-electron chi connectivity index (χ2n) is 4.64. The lowest BCUT2D eigenvalue weighted by Crippen LogP contribution is -2.43. The zero-order chi connectivity index (χ0) is 12.1. The van der Waals surface area contributed by atoms with Gasteiger partial charge in [0, 0.05) is 6.04 Å². The molecule has 0 heterocycles. The molecule has 0 aromatic heterocycles.